The molecule has 0 saturated carbocycles. The predicted molar refractivity (Wildman–Crippen MR) is 103 cm³/mol. The molecule has 10 heteroatoms. The van der Waals surface area contributed by atoms with Crippen LogP contribution in [-0.4, -0.2) is 47.9 Å². The number of benzene rings is 1. The van der Waals surface area contributed by atoms with E-state index in [1.807, 2.05) is 5.38 Å². The molecule has 3 aromatic rings. The number of anilines is 1. The highest BCUT2D eigenvalue weighted by Crippen LogP contribution is 2.37. The van der Waals surface area contributed by atoms with Crippen LogP contribution in [0.2, 0.25) is 0 Å². The zero-order valence-electron chi connectivity index (χ0n) is 15.6. The fraction of sp³-hybridized carbons (Fsp3) is 0.474. The van der Waals surface area contributed by atoms with Crippen LogP contribution < -0.4 is 10.2 Å². The summed E-state index contributed by atoms with van der Waals surface area (Å²) in [4.78, 5) is 11.1. The molecule has 1 aromatic carbocycles. The molecule has 3 unspecified atom stereocenters. The zero-order valence-corrected chi connectivity index (χ0v) is 16.4. The van der Waals surface area contributed by atoms with E-state index in [0.717, 1.165) is 18.1 Å². The van der Waals surface area contributed by atoms with Gasteiger partial charge >= 0.3 is 6.18 Å². The van der Waals surface area contributed by atoms with Crippen LogP contribution in [0.3, 0.4) is 0 Å². The van der Waals surface area contributed by atoms with Crippen molar-refractivity contribution in [2.75, 3.05) is 24.6 Å². The Labute approximate surface area is 168 Å². The predicted octanol–water partition coefficient (Wildman–Crippen LogP) is 4.14. The van der Waals surface area contributed by atoms with Gasteiger partial charge in [0.05, 0.1) is 11.7 Å². The number of hydrogen-bond acceptors (Lipinski definition) is 7. The molecule has 6 rings (SSSR count). The molecule has 2 bridgehead atoms. The Morgan fingerprint density at radius 2 is 2.10 bits per heavy atom. The molecule has 0 aliphatic carbocycles. The number of thiazole rings is 1. The molecule has 2 aromatic heterocycles. The third-order valence-corrected chi connectivity index (χ3v) is 6.13. The lowest BCUT2D eigenvalue weighted by Gasteiger charge is -2.47. The second kappa shape index (κ2) is 6.96. The Morgan fingerprint density at radius 1 is 1.34 bits per heavy atom. The van der Waals surface area contributed by atoms with Crippen molar-refractivity contribution >= 4 is 28.5 Å². The van der Waals surface area contributed by atoms with E-state index in [0.29, 0.717) is 40.3 Å². The van der Waals surface area contributed by atoms with Crippen LogP contribution in [0.1, 0.15) is 25.0 Å². The lowest BCUT2D eigenvalue weighted by Crippen LogP contribution is -2.67. The molecule has 3 saturated heterocycles. The van der Waals surface area contributed by atoms with Crippen LogP contribution in [0.4, 0.5) is 19.2 Å². The highest BCUT2D eigenvalue weighted by Gasteiger charge is 2.38. The van der Waals surface area contributed by atoms with Gasteiger partial charge in [0.2, 0.25) is 0 Å². The topological polar surface area (TPSA) is 63.4 Å². The van der Waals surface area contributed by atoms with E-state index >= 15 is 0 Å². The van der Waals surface area contributed by atoms with Gasteiger partial charge < -0.3 is 19.4 Å². The number of piperazine rings is 1. The summed E-state index contributed by atoms with van der Waals surface area (Å²) in [5, 5.41) is 6.04. The van der Waals surface area contributed by atoms with Gasteiger partial charge in [-0.2, -0.15) is 18.2 Å². The first-order chi connectivity index (χ1) is 13.9. The minimum absolute atomic E-state index is 0.452. The van der Waals surface area contributed by atoms with Crippen molar-refractivity contribution in [2.24, 2.45) is 0 Å². The molecule has 6 nitrogen and oxygen atoms in total. The Morgan fingerprint density at radius 3 is 2.76 bits per heavy atom. The number of aromatic nitrogens is 2. The van der Waals surface area contributed by atoms with Crippen LogP contribution in [0.5, 0.6) is 0 Å². The Hall–Kier alpha value is -2.17. The number of fused-ring (bicyclic) bond motifs is 3. The van der Waals surface area contributed by atoms with E-state index in [2.05, 4.69) is 20.2 Å². The molecule has 3 fully saturated rings. The second-order valence-electron chi connectivity index (χ2n) is 7.52. The maximum atomic E-state index is 12.6. The summed E-state index contributed by atoms with van der Waals surface area (Å²) in [5.41, 5.74) is 2.51. The van der Waals surface area contributed by atoms with Gasteiger partial charge in [-0.1, -0.05) is 0 Å². The lowest BCUT2D eigenvalue weighted by molar-refractivity contribution is -0.184. The largest absolute Gasteiger partial charge is 0.423 e. The Balaban J connectivity index is 1.52. The average Bonchev–Trinajstić information content (AvgIpc) is 3.34. The van der Waals surface area contributed by atoms with Crippen LogP contribution in [0.15, 0.2) is 28.1 Å². The van der Waals surface area contributed by atoms with Crippen molar-refractivity contribution in [3.63, 3.8) is 0 Å². The summed E-state index contributed by atoms with van der Waals surface area (Å²) < 4.78 is 48.8. The van der Waals surface area contributed by atoms with Crippen molar-refractivity contribution in [3.8, 4) is 10.6 Å². The van der Waals surface area contributed by atoms with Crippen LogP contribution in [-0.2, 0) is 4.74 Å². The van der Waals surface area contributed by atoms with Gasteiger partial charge in [-0.3, -0.25) is 0 Å². The Kier molecular flexibility index (Phi) is 4.52. The van der Waals surface area contributed by atoms with Gasteiger partial charge in [-0.25, -0.2) is 4.98 Å². The van der Waals surface area contributed by atoms with Crippen LogP contribution >= 0.6 is 11.3 Å². The quantitative estimate of drug-likeness (QED) is 0.664. The molecule has 1 N–H and O–H groups in total. The summed E-state index contributed by atoms with van der Waals surface area (Å²) in [5.74, 6) is 0. The number of nitrogens with zero attached hydrogens (tertiary/aromatic N) is 3. The first-order valence-electron chi connectivity index (χ1n) is 9.39. The average molecular weight is 424 g/mol. The van der Waals surface area contributed by atoms with Crippen LogP contribution in [0, 0.1) is 0 Å². The van der Waals surface area contributed by atoms with Gasteiger partial charge in [0.1, 0.15) is 17.1 Å². The van der Waals surface area contributed by atoms with Crippen molar-refractivity contribution < 1.29 is 22.3 Å². The third kappa shape index (κ3) is 3.72. The highest BCUT2D eigenvalue weighted by molar-refractivity contribution is 7.13. The number of hydrogen-bond donors (Lipinski definition) is 1. The molecule has 3 aliphatic rings. The molecular formula is C19H19F3N4O2S. The lowest BCUT2D eigenvalue weighted by atomic mass is 9.92. The van der Waals surface area contributed by atoms with E-state index in [4.69, 9.17) is 9.15 Å². The zero-order chi connectivity index (χ0) is 20.2. The molecule has 5 heterocycles. The molecular weight excluding hydrogens is 405 g/mol. The number of alkyl halides is 3. The Bertz CT molecular complexity index is 1000. The van der Waals surface area contributed by atoms with Crippen molar-refractivity contribution in [3.05, 3.63) is 29.3 Å². The molecule has 3 aliphatic heterocycles. The number of halogens is 3. The first-order valence-corrected chi connectivity index (χ1v) is 10.3. The number of oxazole rings is 1. The number of piperidine rings is 1. The summed E-state index contributed by atoms with van der Waals surface area (Å²) in [7, 11) is 0. The molecule has 0 radical (unpaired) electrons. The van der Waals surface area contributed by atoms with Gasteiger partial charge in [0.25, 0.3) is 6.01 Å². The first kappa shape index (κ1) is 18.8. The smallest absolute Gasteiger partial charge is 0.411 e. The standard InChI is InChI=1S/C19H19F3N4O2S/c1-10(27-9-19(20,21)22)11-4-14(17-23-2-3-29-17)16-15(5-11)25-18(28-16)26-7-12-6-13(8-26)24-12/h2-5,10,12-13,24H,6-9H2,1H3. The van der Waals surface area contributed by atoms with E-state index < -0.39 is 18.9 Å². The maximum absolute atomic E-state index is 12.6. The maximum Gasteiger partial charge on any atom is 0.411 e. The van der Waals surface area contributed by atoms with Gasteiger partial charge in [-0.15, -0.1) is 11.3 Å². The SMILES string of the molecule is CC(OCC(F)(F)F)c1cc(-c2nccs2)c2oc(N3CC4CC(C3)N4)nc2c1. The second-order valence-corrected chi connectivity index (χ2v) is 8.41. The van der Waals surface area contributed by atoms with Crippen LogP contribution in [0.25, 0.3) is 21.7 Å². The molecule has 0 amide bonds. The van der Waals surface area contributed by atoms with Crippen molar-refractivity contribution in [1.29, 1.82) is 0 Å². The minimum Gasteiger partial charge on any atom is -0.423 e. The molecule has 29 heavy (non-hydrogen) atoms. The van der Waals surface area contributed by atoms with E-state index in [9.17, 15) is 13.2 Å². The fourth-order valence-electron chi connectivity index (χ4n) is 3.91. The summed E-state index contributed by atoms with van der Waals surface area (Å²) in [6.07, 6.45) is -2.27. The number of ether oxygens (including phenoxy) is 1. The minimum atomic E-state index is -4.37. The van der Waals surface area contributed by atoms with Crippen molar-refractivity contribution in [2.45, 2.75) is 37.7 Å². The molecule has 0 spiro atoms. The summed E-state index contributed by atoms with van der Waals surface area (Å²) in [6, 6.07) is 4.97. The fourth-order valence-corrected chi connectivity index (χ4v) is 4.56. The molecule has 154 valence electrons. The monoisotopic (exact) mass is 424 g/mol. The van der Waals surface area contributed by atoms with E-state index in [1.165, 1.54) is 17.8 Å². The highest BCUT2D eigenvalue weighted by atomic mass is 32.1. The van der Waals surface area contributed by atoms with E-state index in [-0.39, 0.29) is 0 Å². The van der Waals surface area contributed by atoms with E-state index in [1.54, 1.807) is 25.3 Å². The van der Waals surface area contributed by atoms with Gasteiger partial charge in [0, 0.05) is 36.8 Å². The van der Waals surface area contributed by atoms with Crippen molar-refractivity contribution in [1.82, 2.24) is 15.3 Å². The molecule has 3 atom stereocenters. The normalized spacial score (nSPS) is 22.7. The number of nitrogens with one attached hydrogen (secondary N) is 1. The van der Waals surface area contributed by atoms with Gasteiger partial charge in [-0.05, 0) is 31.0 Å². The summed E-state index contributed by atoms with van der Waals surface area (Å²) in [6.45, 7) is 1.96. The third-order valence-electron chi connectivity index (χ3n) is 5.32. The van der Waals surface area contributed by atoms with Gasteiger partial charge in [0.15, 0.2) is 5.58 Å². The summed E-state index contributed by atoms with van der Waals surface area (Å²) >= 11 is 1.44. The number of rotatable bonds is 5.